The molecule has 0 spiro atoms. The van der Waals surface area contributed by atoms with Crippen LogP contribution < -0.4 is 11.1 Å². The van der Waals surface area contributed by atoms with Gasteiger partial charge >= 0.3 is 0 Å². The van der Waals surface area contributed by atoms with E-state index >= 15 is 0 Å². The quantitative estimate of drug-likeness (QED) is 0.290. The first-order chi connectivity index (χ1) is 9.58. The molecule has 7 heteroatoms. The molecule has 0 radical (unpaired) electrons. The molecule has 1 heterocycles. The molecule has 1 amide bonds. The van der Waals surface area contributed by atoms with E-state index in [1.54, 1.807) is 7.11 Å². The molecule has 1 aliphatic heterocycles. The summed E-state index contributed by atoms with van der Waals surface area (Å²) in [5.74, 6) is -0.185. The van der Waals surface area contributed by atoms with Gasteiger partial charge in [0.05, 0.1) is 6.61 Å². The van der Waals surface area contributed by atoms with Gasteiger partial charge in [0.2, 0.25) is 5.91 Å². The predicted molar refractivity (Wildman–Crippen MR) is 72.5 cm³/mol. The second-order valence-electron chi connectivity index (χ2n) is 5.65. The molecule has 20 heavy (non-hydrogen) atoms. The van der Waals surface area contributed by atoms with E-state index in [9.17, 15) is 4.79 Å². The molecule has 0 bridgehead atoms. The number of methoxy groups -OCH3 is 1. The highest BCUT2D eigenvalue weighted by molar-refractivity contribution is 6.07. The number of amides is 1. The van der Waals surface area contributed by atoms with Gasteiger partial charge in [-0.15, -0.1) is 0 Å². The van der Waals surface area contributed by atoms with Crippen LogP contribution in [-0.2, 0) is 14.3 Å². The van der Waals surface area contributed by atoms with Crippen LogP contribution in [0, 0.1) is 5.41 Å². The van der Waals surface area contributed by atoms with Crippen LogP contribution in [-0.4, -0.2) is 49.4 Å². The van der Waals surface area contributed by atoms with Gasteiger partial charge in [-0.05, 0) is 12.8 Å². The first-order valence-corrected chi connectivity index (χ1v) is 6.98. The first-order valence-electron chi connectivity index (χ1n) is 6.98. The van der Waals surface area contributed by atoms with E-state index in [0.29, 0.717) is 32.6 Å². The number of hydrogen-bond acceptors (Lipinski definition) is 5. The standard InChI is InChI=1S/C13H23N3O4/c1-19-12(6-7-20-9-12)8-15-11(17)13(10(14)16-18)4-2-3-5-13/h18H,2-9H2,1H3,(H2,14,16)(H,15,17). The minimum Gasteiger partial charge on any atom is -0.409 e. The number of nitrogens with zero attached hydrogens (tertiary/aromatic N) is 1. The van der Waals surface area contributed by atoms with Gasteiger partial charge in [-0.3, -0.25) is 4.79 Å². The fourth-order valence-electron chi connectivity index (χ4n) is 3.05. The monoisotopic (exact) mass is 285 g/mol. The van der Waals surface area contributed by atoms with E-state index in [1.165, 1.54) is 0 Å². The van der Waals surface area contributed by atoms with Crippen LogP contribution in [0.25, 0.3) is 0 Å². The molecule has 1 atom stereocenters. The zero-order valence-electron chi connectivity index (χ0n) is 11.9. The highest BCUT2D eigenvalue weighted by Gasteiger charge is 2.46. The Morgan fingerprint density at radius 3 is 2.65 bits per heavy atom. The van der Waals surface area contributed by atoms with Gasteiger partial charge in [0.15, 0.2) is 5.84 Å². The number of amidine groups is 1. The van der Waals surface area contributed by atoms with Crippen molar-refractivity contribution in [2.75, 3.05) is 26.9 Å². The maximum Gasteiger partial charge on any atom is 0.234 e. The van der Waals surface area contributed by atoms with Crippen LogP contribution in [0.15, 0.2) is 5.16 Å². The van der Waals surface area contributed by atoms with E-state index in [4.69, 9.17) is 20.4 Å². The van der Waals surface area contributed by atoms with Crippen LogP contribution in [0.1, 0.15) is 32.1 Å². The van der Waals surface area contributed by atoms with Crippen LogP contribution in [0.4, 0.5) is 0 Å². The summed E-state index contributed by atoms with van der Waals surface area (Å²) in [6.07, 6.45) is 3.79. The maximum absolute atomic E-state index is 12.5. The minimum absolute atomic E-state index is 0.00152. The summed E-state index contributed by atoms with van der Waals surface area (Å²) < 4.78 is 10.8. The Kier molecular flexibility index (Phi) is 4.49. The molecule has 1 saturated carbocycles. The van der Waals surface area contributed by atoms with Gasteiger partial charge in [-0.25, -0.2) is 0 Å². The molecule has 2 aliphatic rings. The Balaban J connectivity index is 2.03. The van der Waals surface area contributed by atoms with E-state index in [2.05, 4.69) is 10.5 Å². The molecule has 114 valence electrons. The lowest BCUT2D eigenvalue weighted by Crippen LogP contribution is -2.53. The second-order valence-corrected chi connectivity index (χ2v) is 5.65. The highest BCUT2D eigenvalue weighted by atomic mass is 16.5. The summed E-state index contributed by atoms with van der Waals surface area (Å²) in [5.41, 5.74) is 4.42. The molecule has 1 unspecified atom stereocenters. The number of oxime groups is 1. The smallest absolute Gasteiger partial charge is 0.234 e. The van der Waals surface area contributed by atoms with Crippen LogP contribution >= 0.6 is 0 Å². The summed E-state index contributed by atoms with van der Waals surface area (Å²) in [4.78, 5) is 12.5. The minimum atomic E-state index is -0.872. The molecule has 2 rings (SSSR count). The number of nitrogens with one attached hydrogen (secondary N) is 1. The lowest BCUT2D eigenvalue weighted by Gasteiger charge is -2.30. The lowest BCUT2D eigenvalue weighted by molar-refractivity contribution is -0.129. The van der Waals surface area contributed by atoms with Crippen molar-refractivity contribution >= 4 is 11.7 Å². The normalized spacial score (nSPS) is 29.6. The molecular weight excluding hydrogens is 262 g/mol. The number of carbonyl (C=O) groups excluding carboxylic acids is 1. The maximum atomic E-state index is 12.5. The van der Waals surface area contributed by atoms with Crippen molar-refractivity contribution in [2.45, 2.75) is 37.7 Å². The molecule has 7 nitrogen and oxygen atoms in total. The Morgan fingerprint density at radius 1 is 1.45 bits per heavy atom. The summed E-state index contributed by atoms with van der Waals surface area (Å²) in [6, 6.07) is 0. The molecule has 0 aromatic heterocycles. The van der Waals surface area contributed by atoms with Crippen molar-refractivity contribution < 1.29 is 19.5 Å². The average Bonchev–Trinajstić information content (AvgIpc) is 3.14. The van der Waals surface area contributed by atoms with Crippen molar-refractivity contribution in [3.63, 3.8) is 0 Å². The van der Waals surface area contributed by atoms with Crippen molar-refractivity contribution in [3.8, 4) is 0 Å². The molecule has 0 aromatic rings. The third-order valence-electron chi connectivity index (χ3n) is 4.56. The zero-order valence-corrected chi connectivity index (χ0v) is 11.9. The molecule has 2 fully saturated rings. The van der Waals surface area contributed by atoms with Crippen molar-refractivity contribution in [3.05, 3.63) is 0 Å². The topological polar surface area (TPSA) is 106 Å². The van der Waals surface area contributed by atoms with Crippen molar-refractivity contribution in [1.29, 1.82) is 0 Å². The fraction of sp³-hybridized carbons (Fsp3) is 0.846. The van der Waals surface area contributed by atoms with Gasteiger partial charge in [0, 0.05) is 26.7 Å². The first kappa shape index (κ1) is 15.1. The molecule has 1 aliphatic carbocycles. The Hall–Kier alpha value is -1.34. The summed E-state index contributed by atoms with van der Waals surface area (Å²) in [5, 5.41) is 14.9. The number of hydrogen-bond donors (Lipinski definition) is 3. The second kappa shape index (κ2) is 5.97. The fourth-order valence-corrected chi connectivity index (χ4v) is 3.05. The van der Waals surface area contributed by atoms with Gasteiger partial charge in [-0.2, -0.15) is 0 Å². The van der Waals surface area contributed by atoms with Crippen LogP contribution in [0.3, 0.4) is 0 Å². The SMILES string of the molecule is COC1(CNC(=O)C2(C(N)=NO)CCCC2)CCOC1. The van der Waals surface area contributed by atoms with E-state index < -0.39 is 11.0 Å². The number of nitrogens with two attached hydrogens (primary N) is 1. The Labute approximate surface area is 118 Å². The van der Waals surface area contributed by atoms with E-state index in [1.807, 2.05) is 0 Å². The number of rotatable bonds is 5. The van der Waals surface area contributed by atoms with Crippen molar-refractivity contribution in [2.24, 2.45) is 16.3 Å². The molecular formula is C13H23N3O4. The third kappa shape index (κ3) is 2.60. The summed E-state index contributed by atoms with van der Waals surface area (Å²) in [7, 11) is 1.62. The number of ether oxygens (including phenoxy) is 2. The largest absolute Gasteiger partial charge is 0.409 e. The zero-order chi connectivity index (χ0) is 14.6. The number of carbonyl (C=O) groups is 1. The summed E-state index contributed by atoms with van der Waals surface area (Å²) in [6.45, 7) is 1.48. The van der Waals surface area contributed by atoms with E-state index in [0.717, 1.165) is 19.3 Å². The van der Waals surface area contributed by atoms with Gasteiger partial charge in [-0.1, -0.05) is 18.0 Å². The predicted octanol–water partition coefficient (Wildman–Crippen LogP) is 0.215. The van der Waals surface area contributed by atoms with Crippen molar-refractivity contribution in [1.82, 2.24) is 5.32 Å². The molecule has 1 saturated heterocycles. The lowest BCUT2D eigenvalue weighted by atomic mass is 9.83. The summed E-state index contributed by atoms with van der Waals surface area (Å²) >= 11 is 0. The van der Waals surface area contributed by atoms with Gasteiger partial charge in [0.1, 0.15) is 11.0 Å². The van der Waals surface area contributed by atoms with Gasteiger partial charge < -0.3 is 25.7 Å². The molecule has 0 aromatic carbocycles. The third-order valence-corrected chi connectivity index (χ3v) is 4.56. The van der Waals surface area contributed by atoms with Crippen LogP contribution in [0.5, 0.6) is 0 Å². The average molecular weight is 285 g/mol. The van der Waals surface area contributed by atoms with E-state index in [-0.39, 0.29) is 11.7 Å². The van der Waals surface area contributed by atoms with Crippen LogP contribution in [0.2, 0.25) is 0 Å². The highest BCUT2D eigenvalue weighted by Crippen LogP contribution is 2.38. The van der Waals surface area contributed by atoms with Gasteiger partial charge in [0.25, 0.3) is 0 Å². The Morgan fingerprint density at radius 2 is 2.15 bits per heavy atom. The Bertz CT molecular complexity index is 385. The molecule has 4 N–H and O–H groups in total.